The van der Waals surface area contributed by atoms with E-state index in [0.717, 1.165) is 38.5 Å². The quantitative estimate of drug-likeness (QED) is 0.776. The summed E-state index contributed by atoms with van der Waals surface area (Å²) < 4.78 is 0. The smallest absolute Gasteiger partial charge is 0.220 e. The van der Waals surface area contributed by atoms with Crippen LogP contribution in [-0.2, 0) is 4.79 Å². The molecule has 0 aromatic heterocycles. The Labute approximate surface area is 106 Å². The van der Waals surface area contributed by atoms with Crippen LogP contribution in [0, 0.1) is 5.92 Å². The molecule has 0 aliphatic heterocycles. The minimum atomic E-state index is -0.0256. The first kappa shape index (κ1) is 14.5. The fraction of sp³-hybridized carbons (Fsp3) is 0.929. The third kappa shape index (κ3) is 4.66. The summed E-state index contributed by atoms with van der Waals surface area (Å²) in [5.74, 6) is 0.768. The fourth-order valence-corrected chi connectivity index (χ4v) is 2.47. The third-order valence-corrected chi connectivity index (χ3v) is 4.37. The van der Waals surface area contributed by atoms with E-state index < -0.39 is 0 Å². The SMILES string of the molecule is CCC(C)(CC)NC(=O)CC1CCC(N)CC1. The number of carbonyl (C=O) groups is 1. The maximum atomic E-state index is 12.0. The van der Waals surface area contributed by atoms with Gasteiger partial charge in [0.05, 0.1) is 0 Å². The van der Waals surface area contributed by atoms with Crippen molar-refractivity contribution in [3.05, 3.63) is 0 Å². The lowest BCUT2D eigenvalue weighted by atomic mass is 9.84. The normalized spacial score (nSPS) is 25.6. The number of nitrogens with two attached hydrogens (primary N) is 1. The van der Waals surface area contributed by atoms with E-state index in [-0.39, 0.29) is 11.4 Å². The van der Waals surface area contributed by atoms with Crippen LogP contribution in [0.1, 0.15) is 65.7 Å². The Morgan fingerprint density at radius 1 is 1.24 bits per heavy atom. The average Bonchev–Trinajstić information content (AvgIpc) is 2.32. The fourth-order valence-electron chi connectivity index (χ4n) is 2.47. The number of amides is 1. The van der Waals surface area contributed by atoms with Gasteiger partial charge in [-0.05, 0) is 51.4 Å². The molecule has 1 amide bonds. The zero-order valence-electron chi connectivity index (χ0n) is 11.6. The van der Waals surface area contributed by atoms with Crippen LogP contribution in [0.5, 0.6) is 0 Å². The molecule has 100 valence electrons. The summed E-state index contributed by atoms with van der Waals surface area (Å²) in [6.07, 6.45) is 7.05. The van der Waals surface area contributed by atoms with Crippen LogP contribution < -0.4 is 11.1 Å². The molecule has 0 bridgehead atoms. The van der Waals surface area contributed by atoms with Crippen LogP contribution in [0.2, 0.25) is 0 Å². The van der Waals surface area contributed by atoms with Crippen molar-refractivity contribution in [3.8, 4) is 0 Å². The molecule has 1 aliphatic rings. The predicted molar refractivity (Wildman–Crippen MR) is 71.7 cm³/mol. The molecule has 0 heterocycles. The maximum Gasteiger partial charge on any atom is 0.220 e. The lowest BCUT2D eigenvalue weighted by molar-refractivity contribution is -0.124. The first-order valence-corrected chi connectivity index (χ1v) is 7.05. The number of nitrogens with one attached hydrogen (secondary N) is 1. The summed E-state index contributed by atoms with van der Waals surface area (Å²) in [7, 11) is 0. The van der Waals surface area contributed by atoms with Crippen molar-refractivity contribution in [3.63, 3.8) is 0 Å². The summed E-state index contributed by atoms with van der Waals surface area (Å²) in [5, 5.41) is 3.18. The van der Waals surface area contributed by atoms with Crippen molar-refractivity contribution in [1.82, 2.24) is 5.32 Å². The largest absolute Gasteiger partial charge is 0.351 e. The molecule has 0 aromatic rings. The Morgan fingerprint density at radius 2 is 1.76 bits per heavy atom. The molecule has 3 nitrogen and oxygen atoms in total. The Morgan fingerprint density at radius 3 is 2.24 bits per heavy atom. The van der Waals surface area contributed by atoms with Gasteiger partial charge in [-0.3, -0.25) is 4.79 Å². The summed E-state index contributed by atoms with van der Waals surface area (Å²) in [6.45, 7) is 6.38. The zero-order valence-corrected chi connectivity index (χ0v) is 11.6. The Bertz CT molecular complexity index is 241. The van der Waals surface area contributed by atoms with E-state index >= 15 is 0 Å². The monoisotopic (exact) mass is 240 g/mol. The van der Waals surface area contributed by atoms with E-state index in [1.165, 1.54) is 0 Å². The van der Waals surface area contributed by atoms with Crippen LogP contribution in [-0.4, -0.2) is 17.5 Å². The summed E-state index contributed by atoms with van der Waals surface area (Å²) in [4.78, 5) is 12.0. The van der Waals surface area contributed by atoms with Crippen molar-refractivity contribution in [2.24, 2.45) is 11.7 Å². The molecule has 0 unspecified atom stereocenters. The summed E-state index contributed by atoms with van der Waals surface area (Å²) in [6, 6.07) is 0.367. The molecule has 3 heteroatoms. The van der Waals surface area contributed by atoms with Gasteiger partial charge in [-0.15, -0.1) is 0 Å². The van der Waals surface area contributed by atoms with Crippen LogP contribution in [0.15, 0.2) is 0 Å². The van der Waals surface area contributed by atoms with Crippen LogP contribution in [0.25, 0.3) is 0 Å². The van der Waals surface area contributed by atoms with Gasteiger partial charge in [0.2, 0.25) is 5.91 Å². The molecule has 0 aromatic carbocycles. The lowest BCUT2D eigenvalue weighted by Crippen LogP contribution is -2.45. The number of rotatable bonds is 5. The van der Waals surface area contributed by atoms with E-state index in [1.807, 2.05) is 0 Å². The van der Waals surface area contributed by atoms with Gasteiger partial charge in [-0.25, -0.2) is 0 Å². The molecule has 1 rings (SSSR count). The van der Waals surface area contributed by atoms with Crippen LogP contribution in [0.3, 0.4) is 0 Å². The molecule has 0 radical (unpaired) electrons. The predicted octanol–water partition coefficient (Wildman–Crippen LogP) is 2.59. The van der Waals surface area contributed by atoms with Gasteiger partial charge in [0.1, 0.15) is 0 Å². The van der Waals surface area contributed by atoms with E-state index in [2.05, 4.69) is 26.1 Å². The van der Waals surface area contributed by atoms with Gasteiger partial charge >= 0.3 is 0 Å². The van der Waals surface area contributed by atoms with Gasteiger partial charge in [0.25, 0.3) is 0 Å². The highest BCUT2D eigenvalue weighted by Crippen LogP contribution is 2.26. The van der Waals surface area contributed by atoms with Crippen LogP contribution in [0.4, 0.5) is 0 Å². The van der Waals surface area contributed by atoms with Crippen molar-refractivity contribution < 1.29 is 4.79 Å². The second-order valence-corrected chi connectivity index (χ2v) is 5.80. The van der Waals surface area contributed by atoms with E-state index in [1.54, 1.807) is 0 Å². The van der Waals surface area contributed by atoms with Gasteiger partial charge in [-0.2, -0.15) is 0 Å². The molecule has 1 fully saturated rings. The van der Waals surface area contributed by atoms with E-state index in [0.29, 0.717) is 18.4 Å². The highest BCUT2D eigenvalue weighted by atomic mass is 16.1. The van der Waals surface area contributed by atoms with Crippen molar-refractivity contribution >= 4 is 5.91 Å². The first-order valence-electron chi connectivity index (χ1n) is 7.05. The molecule has 17 heavy (non-hydrogen) atoms. The first-order chi connectivity index (χ1) is 7.99. The Kier molecular flexibility index (Phi) is 5.44. The van der Waals surface area contributed by atoms with Crippen molar-refractivity contribution in [2.75, 3.05) is 0 Å². The number of hydrogen-bond donors (Lipinski definition) is 2. The highest BCUT2D eigenvalue weighted by molar-refractivity contribution is 5.77. The average molecular weight is 240 g/mol. The van der Waals surface area contributed by atoms with E-state index in [9.17, 15) is 4.79 Å². The van der Waals surface area contributed by atoms with Gasteiger partial charge in [0, 0.05) is 18.0 Å². The summed E-state index contributed by atoms with van der Waals surface area (Å²) in [5.41, 5.74) is 5.85. The highest BCUT2D eigenvalue weighted by Gasteiger charge is 2.25. The standard InChI is InChI=1S/C14H28N2O/c1-4-14(3,5-2)16-13(17)10-11-6-8-12(15)9-7-11/h11-12H,4-10,15H2,1-3H3,(H,16,17). The van der Waals surface area contributed by atoms with Gasteiger partial charge in [-0.1, -0.05) is 13.8 Å². The molecular formula is C14H28N2O. The minimum Gasteiger partial charge on any atom is -0.351 e. The topological polar surface area (TPSA) is 55.1 Å². The second-order valence-electron chi connectivity index (χ2n) is 5.80. The van der Waals surface area contributed by atoms with Crippen molar-refractivity contribution in [1.29, 1.82) is 0 Å². The number of hydrogen-bond acceptors (Lipinski definition) is 2. The molecule has 0 spiro atoms. The molecule has 3 N–H and O–H groups in total. The van der Waals surface area contributed by atoms with Gasteiger partial charge in [0.15, 0.2) is 0 Å². The lowest BCUT2D eigenvalue weighted by Gasteiger charge is -2.30. The Hall–Kier alpha value is -0.570. The minimum absolute atomic E-state index is 0.0256. The summed E-state index contributed by atoms with van der Waals surface area (Å²) >= 11 is 0. The Balaban J connectivity index is 2.34. The number of carbonyl (C=O) groups excluding carboxylic acids is 1. The third-order valence-electron chi connectivity index (χ3n) is 4.37. The molecule has 0 saturated heterocycles. The maximum absolute atomic E-state index is 12.0. The molecular weight excluding hydrogens is 212 g/mol. The van der Waals surface area contributed by atoms with Crippen LogP contribution >= 0.6 is 0 Å². The van der Waals surface area contributed by atoms with E-state index in [4.69, 9.17) is 5.73 Å². The van der Waals surface area contributed by atoms with Gasteiger partial charge < -0.3 is 11.1 Å². The second kappa shape index (κ2) is 6.39. The van der Waals surface area contributed by atoms with Crippen molar-refractivity contribution in [2.45, 2.75) is 77.3 Å². The zero-order chi connectivity index (χ0) is 12.9. The molecule has 0 atom stereocenters. The molecule has 1 saturated carbocycles. The molecule has 1 aliphatic carbocycles.